The predicted octanol–water partition coefficient (Wildman–Crippen LogP) is 2.06. The van der Waals surface area contributed by atoms with Crippen molar-refractivity contribution in [2.75, 3.05) is 19.7 Å². The second-order valence-electron chi connectivity index (χ2n) is 6.83. The van der Waals surface area contributed by atoms with E-state index in [2.05, 4.69) is 37.7 Å². The molecule has 0 amide bonds. The van der Waals surface area contributed by atoms with Gasteiger partial charge in [-0.05, 0) is 45.7 Å². The highest BCUT2D eigenvalue weighted by molar-refractivity contribution is 5.03. The Kier molecular flexibility index (Phi) is 5.76. The molecule has 0 unspecified atom stereocenters. The van der Waals surface area contributed by atoms with Crippen LogP contribution in [0.1, 0.15) is 58.1 Å². The third kappa shape index (κ3) is 4.27. The van der Waals surface area contributed by atoms with Crippen LogP contribution in [0.5, 0.6) is 0 Å². The zero-order chi connectivity index (χ0) is 15.4. The van der Waals surface area contributed by atoms with Crippen LogP contribution in [0.4, 0.5) is 0 Å². The number of rotatable bonds is 6. The minimum atomic E-state index is 0.127. The molecule has 1 aliphatic heterocycles. The van der Waals surface area contributed by atoms with Gasteiger partial charge in [0.25, 0.3) is 0 Å². The zero-order valence-corrected chi connectivity index (χ0v) is 13.9. The topological polar surface area (TPSA) is 54.2 Å². The standard InChI is InChI=1S/C16H30N4O/c1-12(2)11-15-17-16(20(18-15)9-10-21)14-5-7-19(8-6-14)13(3)4/h12-14,21H,5-11H2,1-4H3. The van der Waals surface area contributed by atoms with Gasteiger partial charge >= 0.3 is 0 Å². The van der Waals surface area contributed by atoms with Crippen LogP contribution in [-0.2, 0) is 13.0 Å². The van der Waals surface area contributed by atoms with Gasteiger partial charge in [0, 0.05) is 18.4 Å². The van der Waals surface area contributed by atoms with Gasteiger partial charge in [0.2, 0.25) is 0 Å². The Labute approximate surface area is 128 Å². The van der Waals surface area contributed by atoms with Crippen LogP contribution in [0.25, 0.3) is 0 Å². The first-order valence-corrected chi connectivity index (χ1v) is 8.29. The summed E-state index contributed by atoms with van der Waals surface area (Å²) < 4.78 is 1.94. The van der Waals surface area contributed by atoms with E-state index >= 15 is 0 Å². The molecule has 21 heavy (non-hydrogen) atoms. The van der Waals surface area contributed by atoms with E-state index in [-0.39, 0.29) is 6.61 Å². The van der Waals surface area contributed by atoms with Gasteiger partial charge in [-0.2, -0.15) is 5.10 Å². The third-order valence-corrected chi connectivity index (χ3v) is 4.27. The summed E-state index contributed by atoms with van der Waals surface area (Å²) in [6.07, 6.45) is 3.20. The summed E-state index contributed by atoms with van der Waals surface area (Å²) >= 11 is 0. The van der Waals surface area contributed by atoms with Gasteiger partial charge in [0.05, 0.1) is 13.2 Å². The molecule has 0 bridgehead atoms. The fraction of sp³-hybridized carbons (Fsp3) is 0.875. The number of hydrogen-bond donors (Lipinski definition) is 1. The molecule has 1 aliphatic rings. The predicted molar refractivity (Wildman–Crippen MR) is 84.3 cm³/mol. The monoisotopic (exact) mass is 294 g/mol. The van der Waals surface area contributed by atoms with E-state index in [1.54, 1.807) is 0 Å². The lowest BCUT2D eigenvalue weighted by Gasteiger charge is -2.34. The Bertz CT molecular complexity index is 433. The van der Waals surface area contributed by atoms with E-state index in [0.717, 1.165) is 44.0 Å². The Morgan fingerprint density at radius 2 is 1.86 bits per heavy atom. The first-order valence-electron chi connectivity index (χ1n) is 8.29. The number of aliphatic hydroxyl groups is 1. The average Bonchev–Trinajstić information content (AvgIpc) is 2.81. The molecule has 2 rings (SSSR count). The second kappa shape index (κ2) is 7.36. The molecule has 0 aliphatic carbocycles. The maximum Gasteiger partial charge on any atom is 0.151 e. The zero-order valence-electron chi connectivity index (χ0n) is 13.9. The minimum absolute atomic E-state index is 0.127. The van der Waals surface area contributed by atoms with Crippen molar-refractivity contribution < 1.29 is 5.11 Å². The molecule has 1 N–H and O–H groups in total. The van der Waals surface area contributed by atoms with Gasteiger partial charge in [0.15, 0.2) is 5.82 Å². The summed E-state index contributed by atoms with van der Waals surface area (Å²) in [6.45, 7) is 11.8. The van der Waals surface area contributed by atoms with Crippen molar-refractivity contribution in [1.82, 2.24) is 19.7 Å². The van der Waals surface area contributed by atoms with Crippen molar-refractivity contribution in [3.8, 4) is 0 Å². The average molecular weight is 294 g/mol. The molecular weight excluding hydrogens is 264 g/mol. The summed E-state index contributed by atoms with van der Waals surface area (Å²) in [5, 5.41) is 13.9. The quantitative estimate of drug-likeness (QED) is 0.872. The fourth-order valence-electron chi connectivity index (χ4n) is 3.09. The molecule has 5 nitrogen and oxygen atoms in total. The summed E-state index contributed by atoms with van der Waals surface area (Å²) in [5.74, 6) is 3.06. The van der Waals surface area contributed by atoms with Gasteiger partial charge in [-0.15, -0.1) is 0 Å². The van der Waals surface area contributed by atoms with Gasteiger partial charge in [-0.1, -0.05) is 13.8 Å². The molecule has 0 saturated carbocycles. The first-order chi connectivity index (χ1) is 10.0. The SMILES string of the molecule is CC(C)Cc1nc(C2CCN(C(C)C)CC2)n(CCO)n1. The van der Waals surface area contributed by atoms with Crippen molar-refractivity contribution in [3.63, 3.8) is 0 Å². The van der Waals surface area contributed by atoms with Gasteiger partial charge in [0.1, 0.15) is 5.82 Å². The highest BCUT2D eigenvalue weighted by Crippen LogP contribution is 2.28. The maximum absolute atomic E-state index is 9.25. The lowest BCUT2D eigenvalue weighted by Crippen LogP contribution is -2.38. The summed E-state index contributed by atoms with van der Waals surface area (Å²) in [5.41, 5.74) is 0. The number of aromatic nitrogens is 3. The molecule has 1 saturated heterocycles. The maximum atomic E-state index is 9.25. The van der Waals surface area contributed by atoms with E-state index in [4.69, 9.17) is 4.98 Å². The van der Waals surface area contributed by atoms with Crippen LogP contribution < -0.4 is 0 Å². The number of aliphatic hydroxyl groups excluding tert-OH is 1. The van der Waals surface area contributed by atoms with Crippen LogP contribution in [0.2, 0.25) is 0 Å². The van der Waals surface area contributed by atoms with Crippen molar-refractivity contribution in [3.05, 3.63) is 11.6 Å². The van der Waals surface area contributed by atoms with Crippen molar-refractivity contribution in [2.24, 2.45) is 5.92 Å². The highest BCUT2D eigenvalue weighted by Gasteiger charge is 2.26. The summed E-state index contributed by atoms with van der Waals surface area (Å²) in [4.78, 5) is 7.31. The number of hydrogen-bond acceptors (Lipinski definition) is 4. The third-order valence-electron chi connectivity index (χ3n) is 4.27. The molecule has 2 heterocycles. The minimum Gasteiger partial charge on any atom is -0.394 e. The Morgan fingerprint density at radius 1 is 1.19 bits per heavy atom. The Balaban J connectivity index is 2.09. The first kappa shape index (κ1) is 16.4. The lowest BCUT2D eigenvalue weighted by molar-refractivity contribution is 0.167. The van der Waals surface area contributed by atoms with E-state index in [0.29, 0.717) is 24.4 Å². The van der Waals surface area contributed by atoms with E-state index < -0.39 is 0 Å². The van der Waals surface area contributed by atoms with Crippen LogP contribution in [0, 0.1) is 5.92 Å². The molecule has 0 aromatic carbocycles. The lowest BCUT2D eigenvalue weighted by atomic mass is 9.95. The van der Waals surface area contributed by atoms with E-state index in [1.807, 2.05) is 4.68 Å². The largest absolute Gasteiger partial charge is 0.394 e. The Hall–Kier alpha value is -0.940. The van der Waals surface area contributed by atoms with Gasteiger partial charge in [-0.3, -0.25) is 0 Å². The molecule has 120 valence electrons. The Morgan fingerprint density at radius 3 is 2.38 bits per heavy atom. The second-order valence-corrected chi connectivity index (χ2v) is 6.83. The molecule has 1 aromatic heterocycles. The van der Waals surface area contributed by atoms with Crippen LogP contribution in [0.3, 0.4) is 0 Å². The van der Waals surface area contributed by atoms with E-state index in [9.17, 15) is 5.11 Å². The molecule has 0 spiro atoms. The molecular formula is C16H30N4O. The normalized spacial score (nSPS) is 18.0. The molecule has 5 heteroatoms. The number of piperidine rings is 1. The molecule has 0 radical (unpaired) electrons. The number of likely N-dealkylation sites (tertiary alicyclic amines) is 1. The van der Waals surface area contributed by atoms with Gasteiger partial charge in [-0.25, -0.2) is 9.67 Å². The van der Waals surface area contributed by atoms with Crippen LogP contribution in [0.15, 0.2) is 0 Å². The fourth-order valence-corrected chi connectivity index (χ4v) is 3.09. The van der Waals surface area contributed by atoms with Gasteiger partial charge < -0.3 is 10.0 Å². The van der Waals surface area contributed by atoms with Crippen molar-refractivity contribution in [1.29, 1.82) is 0 Å². The smallest absolute Gasteiger partial charge is 0.151 e. The van der Waals surface area contributed by atoms with Crippen molar-refractivity contribution >= 4 is 0 Å². The summed E-state index contributed by atoms with van der Waals surface area (Å²) in [6, 6.07) is 0.623. The molecule has 1 aromatic rings. The molecule has 0 atom stereocenters. The number of nitrogens with zero attached hydrogens (tertiary/aromatic N) is 4. The van der Waals surface area contributed by atoms with Crippen molar-refractivity contribution in [2.45, 2.75) is 65.5 Å². The molecule has 1 fully saturated rings. The van der Waals surface area contributed by atoms with Crippen LogP contribution >= 0.6 is 0 Å². The highest BCUT2D eigenvalue weighted by atomic mass is 16.3. The van der Waals surface area contributed by atoms with E-state index in [1.165, 1.54) is 0 Å². The summed E-state index contributed by atoms with van der Waals surface area (Å²) in [7, 11) is 0. The van der Waals surface area contributed by atoms with Crippen LogP contribution in [-0.4, -0.2) is 50.5 Å².